The molecule has 0 unspecified atom stereocenters. The average Bonchev–Trinajstić information content (AvgIpc) is 2.50. The lowest BCUT2D eigenvalue weighted by molar-refractivity contribution is 0.184. The van der Waals surface area contributed by atoms with Gasteiger partial charge in [-0.3, -0.25) is 0 Å². The quantitative estimate of drug-likeness (QED) is 0.558. The van der Waals surface area contributed by atoms with E-state index in [1.54, 1.807) is 35.6 Å². The summed E-state index contributed by atoms with van der Waals surface area (Å²) in [5.41, 5.74) is 0. The zero-order valence-electron chi connectivity index (χ0n) is 6.52. The van der Waals surface area contributed by atoms with Crippen LogP contribution in [0.25, 0.3) is 0 Å². The molecule has 66 valence electrons. The minimum Gasteiger partial charge on any atom is -0.377 e. The first kappa shape index (κ1) is 10.0. The summed E-state index contributed by atoms with van der Waals surface area (Å²) in [5.74, 6) is 0.803. The normalized spacial score (nSPS) is 10.1. The Morgan fingerprint density at radius 1 is 1.67 bits per heavy atom. The van der Waals surface area contributed by atoms with E-state index < -0.39 is 0 Å². The molecule has 0 aliphatic carbocycles. The van der Waals surface area contributed by atoms with Crippen LogP contribution in [-0.2, 0) is 11.3 Å². The largest absolute Gasteiger partial charge is 0.377 e. The van der Waals surface area contributed by atoms with Gasteiger partial charge < -0.3 is 4.74 Å². The first-order chi connectivity index (χ1) is 5.86. The zero-order chi connectivity index (χ0) is 8.81. The summed E-state index contributed by atoms with van der Waals surface area (Å²) in [6.07, 6.45) is 0. The van der Waals surface area contributed by atoms with Gasteiger partial charge in [0.1, 0.15) is 5.01 Å². The van der Waals surface area contributed by atoms with E-state index in [0.717, 1.165) is 15.1 Å². The predicted octanol–water partition coefficient (Wildman–Crippen LogP) is 1.78. The van der Waals surface area contributed by atoms with E-state index in [9.17, 15) is 0 Å². The number of aromatic nitrogens is 2. The third-order valence-electron chi connectivity index (χ3n) is 0.991. The van der Waals surface area contributed by atoms with Gasteiger partial charge in [0, 0.05) is 12.9 Å². The SMILES string of the molecule is COCc1nnc(SCC=S)s1. The smallest absolute Gasteiger partial charge is 0.174 e. The summed E-state index contributed by atoms with van der Waals surface area (Å²) < 4.78 is 5.86. The molecule has 0 aliphatic rings. The van der Waals surface area contributed by atoms with Crippen molar-refractivity contribution < 1.29 is 4.74 Å². The van der Waals surface area contributed by atoms with Crippen molar-refractivity contribution in [3.8, 4) is 0 Å². The molecule has 0 fully saturated rings. The van der Waals surface area contributed by atoms with Crippen LogP contribution in [0.4, 0.5) is 0 Å². The van der Waals surface area contributed by atoms with Crippen LogP contribution in [0.15, 0.2) is 4.34 Å². The Bertz CT molecular complexity index is 251. The molecular formula is C6H8N2OS3. The molecule has 1 rings (SSSR count). The van der Waals surface area contributed by atoms with Crippen molar-refractivity contribution >= 4 is 40.7 Å². The van der Waals surface area contributed by atoms with Gasteiger partial charge in [-0.15, -0.1) is 10.2 Å². The van der Waals surface area contributed by atoms with Crippen LogP contribution < -0.4 is 0 Å². The minimum absolute atomic E-state index is 0.538. The first-order valence-electron chi connectivity index (χ1n) is 3.24. The van der Waals surface area contributed by atoms with E-state index in [-0.39, 0.29) is 0 Å². The maximum atomic E-state index is 4.92. The number of hydrogen-bond donors (Lipinski definition) is 0. The van der Waals surface area contributed by atoms with Crippen molar-refractivity contribution in [2.45, 2.75) is 10.9 Å². The molecule has 1 aromatic rings. The Labute approximate surface area is 84.5 Å². The standard InChI is InChI=1S/C6H8N2OS3/c1-9-4-5-7-8-6(12-5)11-3-2-10/h2H,3-4H2,1H3. The number of hydrogen-bond acceptors (Lipinski definition) is 6. The highest BCUT2D eigenvalue weighted by Gasteiger charge is 2.02. The molecule has 0 radical (unpaired) electrons. The maximum absolute atomic E-state index is 4.92. The third-order valence-corrected chi connectivity index (χ3v) is 3.33. The second kappa shape index (κ2) is 5.58. The van der Waals surface area contributed by atoms with Crippen LogP contribution in [-0.4, -0.2) is 28.4 Å². The summed E-state index contributed by atoms with van der Waals surface area (Å²) in [4.78, 5) is 0. The number of thioether (sulfide) groups is 1. The highest BCUT2D eigenvalue weighted by Crippen LogP contribution is 2.21. The molecule has 0 N–H and O–H groups in total. The molecule has 0 aliphatic heterocycles. The van der Waals surface area contributed by atoms with E-state index in [1.165, 1.54) is 0 Å². The van der Waals surface area contributed by atoms with Gasteiger partial charge in [-0.2, -0.15) is 0 Å². The monoisotopic (exact) mass is 220 g/mol. The van der Waals surface area contributed by atoms with Crippen molar-refractivity contribution in [1.29, 1.82) is 0 Å². The molecule has 0 aromatic carbocycles. The Hall–Kier alpha value is -0.0400. The van der Waals surface area contributed by atoms with Crippen LogP contribution in [0.1, 0.15) is 5.01 Å². The van der Waals surface area contributed by atoms with Crippen molar-refractivity contribution in [1.82, 2.24) is 10.2 Å². The van der Waals surface area contributed by atoms with Crippen LogP contribution in [0, 0.1) is 0 Å². The fourth-order valence-electron chi connectivity index (χ4n) is 0.584. The van der Waals surface area contributed by atoms with Gasteiger partial charge in [-0.05, 0) is 5.37 Å². The number of ether oxygens (including phenoxy) is 1. The second-order valence-electron chi connectivity index (χ2n) is 1.87. The Balaban J connectivity index is 2.46. The molecule has 0 saturated carbocycles. The highest BCUT2D eigenvalue weighted by molar-refractivity contribution is 8.02. The lowest BCUT2D eigenvalue weighted by Crippen LogP contribution is -1.84. The Morgan fingerprint density at radius 3 is 3.17 bits per heavy atom. The zero-order valence-corrected chi connectivity index (χ0v) is 8.97. The van der Waals surface area contributed by atoms with Crippen molar-refractivity contribution in [3.05, 3.63) is 5.01 Å². The van der Waals surface area contributed by atoms with Crippen LogP contribution in [0.2, 0.25) is 0 Å². The summed E-state index contributed by atoms with van der Waals surface area (Å²) in [6.45, 7) is 0.538. The molecule has 6 heteroatoms. The maximum Gasteiger partial charge on any atom is 0.174 e. The van der Waals surface area contributed by atoms with Crippen molar-refractivity contribution in [2.75, 3.05) is 12.9 Å². The Kier molecular flexibility index (Phi) is 4.67. The fraction of sp³-hybridized carbons (Fsp3) is 0.500. The second-order valence-corrected chi connectivity index (χ2v) is 4.53. The van der Waals surface area contributed by atoms with Crippen LogP contribution in [0.3, 0.4) is 0 Å². The highest BCUT2D eigenvalue weighted by atomic mass is 32.2. The number of methoxy groups -OCH3 is 1. The summed E-state index contributed by atoms with van der Waals surface area (Å²) in [7, 11) is 1.64. The lowest BCUT2D eigenvalue weighted by Gasteiger charge is -1.88. The van der Waals surface area contributed by atoms with Crippen molar-refractivity contribution in [2.24, 2.45) is 0 Å². The molecule has 0 spiro atoms. The molecule has 0 amide bonds. The van der Waals surface area contributed by atoms with Gasteiger partial charge in [0.25, 0.3) is 0 Å². The van der Waals surface area contributed by atoms with E-state index in [4.69, 9.17) is 17.0 Å². The lowest BCUT2D eigenvalue weighted by atomic mass is 10.8. The van der Waals surface area contributed by atoms with Gasteiger partial charge >= 0.3 is 0 Å². The Morgan fingerprint density at radius 2 is 2.50 bits per heavy atom. The molecular weight excluding hydrogens is 212 g/mol. The predicted molar refractivity (Wildman–Crippen MR) is 55.0 cm³/mol. The third kappa shape index (κ3) is 3.14. The van der Waals surface area contributed by atoms with Gasteiger partial charge in [-0.25, -0.2) is 0 Å². The van der Waals surface area contributed by atoms with Crippen LogP contribution >= 0.6 is 35.3 Å². The summed E-state index contributed by atoms with van der Waals surface area (Å²) in [5, 5.41) is 10.5. The number of thiocarbonyl (C=S) groups is 1. The van der Waals surface area contributed by atoms with Gasteiger partial charge in [0.05, 0.1) is 6.61 Å². The molecule has 1 heterocycles. The van der Waals surface area contributed by atoms with E-state index in [2.05, 4.69) is 10.2 Å². The summed E-state index contributed by atoms with van der Waals surface area (Å²) in [6, 6.07) is 0. The fourth-order valence-corrected chi connectivity index (χ4v) is 2.37. The minimum atomic E-state index is 0.538. The molecule has 12 heavy (non-hydrogen) atoms. The number of rotatable bonds is 5. The van der Waals surface area contributed by atoms with Gasteiger partial charge in [0.15, 0.2) is 4.34 Å². The molecule has 0 atom stereocenters. The topological polar surface area (TPSA) is 35.0 Å². The molecule has 0 saturated heterocycles. The van der Waals surface area contributed by atoms with Gasteiger partial charge in [0.2, 0.25) is 0 Å². The molecule has 1 aromatic heterocycles. The number of nitrogens with zero attached hydrogens (tertiary/aromatic N) is 2. The first-order valence-corrected chi connectivity index (χ1v) is 5.52. The molecule has 0 bridgehead atoms. The van der Waals surface area contributed by atoms with E-state index in [0.29, 0.717) is 6.61 Å². The van der Waals surface area contributed by atoms with E-state index in [1.807, 2.05) is 0 Å². The van der Waals surface area contributed by atoms with E-state index >= 15 is 0 Å². The van der Waals surface area contributed by atoms with Crippen molar-refractivity contribution in [3.63, 3.8) is 0 Å². The summed E-state index contributed by atoms with van der Waals surface area (Å²) >= 11 is 7.84. The van der Waals surface area contributed by atoms with Crippen LogP contribution in [0.5, 0.6) is 0 Å². The molecule has 3 nitrogen and oxygen atoms in total. The van der Waals surface area contributed by atoms with Gasteiger partial charge in [-0.1, -0.05) is 35.3 Å². The average molecular weight is 220 g/mol.